The lowest BCUT2D eigenvalue weighted by Gasteiger charge is -2.26. The van der Waals surface area contributed by atoms with E-state index in [2.05, 4.69) is 36.3 Å². The van der Waals surface area contributed by atoms with Gasteiger partial charge in [-0.05, 0) is 48.3 Å². The van der Waals surface area contributed by atoms with Gasteiger partial charge in [-0.3, -0.25) is 4.68 Å². The zero-order chi connectivity index (χ0) is 11.0. The minimum atomic E-state index is 0.536. The number of hydrogen-bond donors (Lipinski definition) is 2. The Bertz CT molecular complexity index is 382. The van der Waals surface area contributed by atoms with Gasteiger partial charge in [0.25, 0.3) is 0 Å². The van der Waals surface area contributed by atoms with E-state index in [0.29, 0.717) is 6.04 Å². The van der Waals surface area contributed by atoms with Crippen LogP contribution in [-0.4, -0.2) is 29.4 Å². The van der Waals surface area contributed by atoms with Crippen molar-refractivity contribution >= 4 is 15.9 Å². The molecule has 4 nitrogen and oxygen atoms in total. The first kappa shape index (κ1) is 10.7. The fourth-order valence-corrected chi connectivity index (χ4v) is 3.27. The Kier molecular flexibility index (Phi) is 3.00. The first-order chi connectivity index (χ1) is 7.86. The van der Waals surface area contributed by atoms with Crippen LogP contribution in [0.2, 0.25) is 0 Å². The summed E-state index contributed by atoms with van der Waals surface area (Å²) in [7, 11) is 0. The summed E-state index contributed by atoms with van der Waals surface area (Å²) in [6.45, 7) is 4.24. The van der Waals surface area contributed by atoms with E-state index in [1.807, 2.05) is 0 Å². The summed E-state index contributed by atoms with van der Waals surface area (Å²) in [5.41, 5.74) is 2.79. The SMILES string of the molecule is Brc1nn(C2CCCNC2)c2c1CCNC2. The molecule has 2 aliphatic rings. The number of nitrogens with zero attached hydrogens (tertiary/aromatic N) is 2. The monoisotopic (exact) mass is 284 g/mol. The second-order valence-corrected chi connectivity index (χ2v) is 5.34. The maximum atomic E-state index is 4.67. The van der Waals surface area contributed by atoms with Gasteiger partial charge in [0.15, 0.2) is 0 Å². The van der Waals surface area contributed by atoms with Gasteiger partial charge in [-0.1, -0.05) is 0 Å². The molecule has 0 saturated carbocycles. The van der Waals surface area contributed by atoms with Crippen molar-refractivity contribution in [1.82, 2.24) is 20.4 Å². The highest BCUT2D eigenvalue weighted by Crippen LogP contribution is 2.27. The second-order valence-electron chi connectivity index (χ2n) is 4.59. The molecule has 5 heteroatoms. The van der Waals surface area contributed by atoms with E-state index in [9.17, 15) is 0 Å². The van der Waals surface area contributed by atoms with Crippen molar-refractivity contribution in [2.24, 2.45) is 0 Å². The molecule has 2 aliphatic heterocycles. The van der Waals surface area contributed by atoms with Gasteiger partial charge in [0.2, 0.25) is 0 Å². The van der Waals surface area contributed by atoms with Crippen molar-refractivity contribution < 1.29 is 0 Å². The lowest BCUT2D eigenvalue weighted by atomic mass is 10.1. The molecule has 1 saturated heterocycles. The van der Waals surface area contributed by atoms with Crippen molar-refractivity contribution in [1.29, 1.82) is 0 Å². The van der Waals surface area contributed by atoms with Crippen molar-refractivity contribution in [3.05, 3.63) is 15.9 Å². The number of rotatable bonds is 1. The van der Waals surface area contributed by atoms with Crippen molar-refractivity contribution in [2.75, 3.05) is 19.6 Å². The molecule has 0 radical (unpaired) electrons. The zero-order valence-corrected chi connectivity index (χ0v) is 10.9. The van der Waals surface area contributed by atoms with Crippen molar-refractivity contribution in [3.8, 4) is 0 Å². The molecule has 1 atom stereocenters. The van der Waals surface area contributed by atoms with Crippen molar-refractivity contribution in [3.63, 3.8) is 0 Å². The summed E-state index contributed by atoms with van der Waals surface area (Å²) in [6.07, 6.45) is 3.59. The van der Waals surface area contributed by atoms with Crippen molar-refractivity contribution in [2.45, 2.75) is 31.8 Å². The molecule has 1 unspecified atom stereocenters. The smallest absolute Gasteiger partial charge is 0.131 e. The topological polar surface area (TPSA) is 41.9 Å². The number of nitrogens with one attached hydrogen (secondary N) is 2. The average Bonchev–Trinajstić information content (AvgIpc) is 2.69. The van der Waals surface area contributed by atoms with Crippen LogP contribution in [0.25, 0.3) is 0 Å². The number of fused-ring (bicyclic) bond motifs is 1. The van der Waals surface area contributed by atoms with Crippen LogP contribution in [0.1, 0.15) is 30.1 Å². The number of hydrogen-bond acceptors (Lipinski definition) is 3. The first-order valence-electron chi connectivity index (χ1n) is 6.03. The third-order valence-electron chi connectivity index (χ3n) is 3.53. The van der Waals surface area contributed by atoms with Crippen LogP contribution in [0.3, 0.4) is 0 Å². The van der Waals surface area contributed by atoms with Gasteiger partial charge < -0.3 is 10.6 Å². The van der Waals surface area contributed by atoms with Crippen LogP contribution in [0, 0.1) is 0 Å². The summed E-state index contributed by atoms with van der Waals surface area (Å²) in [5, 5.41) is 11.6. The first-order valence-corrected chi connectivity index (χ1v) is 6.83. The van der Waals surface area contributed by atoms with Gasteiger partial charge in [-0.2, -0.15) is 5.10 Å². The molecule has 0 bridgehead atoms. The molecule has 0 aliphatic carbocycles. The van der Waals surface area contributed by atoms with Gasteiger partial charge >= 0.3 is 0 Å². The Balaban J connectivity index is 1.93. The summed E-state index contributed by atoms with van der Waals surface area (Å²) in [5.74, 6) is 0. The fourth-order valence-electron chi connectivity index (χ4n) is 2.67. The molecule has 3 rings (SSSR count). The van der Waals surface area contributed by atoms with Gasteiger partial charge in [0, 0.05) is 18.7 Å². The predicted molar refractivity (Wildman–Crippen MR) is 66.5 cm³/mol. The number of aromatic nitrogens is 2. The molecule has 1 aromatic heterocycles. The van der Waals surface area contributed by atoms with Crippen LogP contribution in [0.15, 0.2) is 4.60 Å². The Labute approximate surface area is 104 Å². The lowest BCUT2D eigenvalue weighted by molar-refractivity contribution is 0.334. The number of halogens is 1. The summed E-state index contributed by atoms with van der Waals surface area (Å²) < 4.78 is 3.28. The molecular weight excluding hydrogens is 268 g/mol. The molecule has 0 amide bonds. The highest BCUT2D eigenvalue weighted by Gasteiger charge is 2.24. The molecule has 1 fully saturated rings. The minimum Gasteiger partial charge on any atom is -0.315 e. The molecule has 16 heavy (non-hydrogen) atoms. The maximum absolute atomic E-state index is 4.67. The second kappa shape index (κ2) is 4.47. The maximum Gasteiger partial charge on any atom is 0.131 e. The largest absolute Gasteiger partial charge is 0.315 e. The highest BCUT2D eigenvalue weighted by molar-refractivity contribution is 9.10. The fraction of sp³-hybridized carbons (Fsp3) is 0.727. The van der Waals surface area contributed by atoms with Crippen LogP contribution in [0.4, 0.5) is 0 Å². The van der Waals surface area contributed by atoms with E-state index in [0.717, 1.165) is 37.2 Å². The zero-order valence-electron chi connectivity index (χ0n) is 9.30. The van der Waals surface area contributed by atoms with Crippen LogP contribution in [-0.2, 0) is 13.0 Å². The normalized spacial score (nSPS) is 25.4. The Morgan fingerprint density at radius 2 is 2.25 bits per heavy atom. The standard InChI is InChI=1S/C11H17BrN4/c12-11-9-3-5-14-7-10(9)16(15-11)8-2-1-4-13-6-8/h8,13-14H,1-7H2. The van der Waals surface area contributed by atoms with E-state index in [1.165, 1.54) is 24.1 Å². The van der Waals surface area contributed by atoms with Crippen LogP contribution in [0.5, 0.6) is 0 Å². The predicted octanol–water partition coefficient (Wildman–Crippen LogP) is 1.22. The van der Waals surface area contributed by atoms with Gasteiger partial charge in [-0.25, -0.2) is 0 Å². The van der Waals surface area contributed by atoms with Gasteiger partial charge in [-0.15, -0.1) is 0 Å². The average molecular weight is 285 g/mol. The summed E-state index contributed by atoms with van der Waals surface area (Å²) >= 11 is 3.59. The Hall–Kier alpha value is -0.390. The summed E-state index contributed by atoms with van der Waals surface area (Å²) in [6, 6.07) is 0.536. The van der Waals surface area contributed by atoms with E-state index >= 15 is 0 Å². The number of piperidine rings is 1. The molecule has 0 aromatic carbocycles. The minimum absolute atomic E-state index is 0.536. The molecule has 1 aromatic rings. The third kappa shape index (κ3) is 1.81. The van der Waals surface area contributed by atoms with Crippen LogP contribution < -0.4 is 10.6 Å². The van der Waals surface area contributed by atoms with E-state index in [-0.39, 0.29) is 0 Å². The highest BCUT2D eigenvalue weighted by atomic mass is 79.9. The molecule has 3 heterocycles. The summed E-state index contributed by atoms with van der Waals surface area (Å²) in [4.78, 5) is 0. The molecule has 88 valence electrons. The molecule has 0 spiro atoms. The van der Waals surface area contributed by atoms with E-state index < -0.39 is 0 Å². The molecular formula is C11H17BrN4. The molecule has 2 N–H and O–H groups in total. The van der Waals surface area contributed by atoms with Gasteiger partial charge in [0.1, 0.15) is 4.60 Å². The quantitative estimate of drug-likeness (QED) is 0.815. The third-order valence-corrected chi connectivity index (χ3v) is 4.17. The van der Waals surface area contributed by atoms with Gasteiger partial charge in [0.05, 0.1) is 11.7 Å². The van der Waals surface area contributed by atoms with E-state index in [1.54, 1.807) is 0 Å². The van der Waals surface area contributed by atoms with E-state index in [4.69, 9.17) is 0 Å². The Morgan fingerprint density at radius 1 is 1.31 bits per heavy atom. The Morgan fingerprint density at radius 3 is 3.06 bits per heavy atom. The van der Waals surface area contributed by atoms with Crippen LogP contribution >= 0.6 is 15.9 Å². The lowest BCUT2D eigenvalue weighted by Crippen LogP contribution is -2.34.